The maximum atomic E-state index is 13.4. The Morgan fingerprint density at radius 3 is 2.70 bits per heavy atom. The highest BCUT2D eigenvalue weighted by atomic mass is 16.2. The number of benzene rings is 2. The molecule has 0 spiro atoms. The van der Waals surface area contributed by atoms with Crippen molar-refractivity contribution in [1.29, 1.82) is 0 Å². The lowest BCUT2D eigenvalue weighted by atomic mass is 10.1. The van der Waals surface area contributed by atoms with Gasteiger partial charge >= 0.3 is 0 Å². The first-order valence-electron chi connectivity index (χ1n) is 11.0. The number of rotatable bonds is 5. The molecule has 156 valence electrons. The van der Waals surface area contributed by atoms with Crippen LogP contribution in [-0.2, 0) is 19.5 Å². The van der Waals surface area contributed by atoms with Crippen LogP contribution in [0.5, 0.6) is 0 Å². The van der Waals surface area contributed by atoms with E-state index in [0.29, 0.717) is 23.0 Å². The lowest BCUT2D eigenvalue weighted by molar-refractivity contribution is 0.0671. The van der Waals surface area contributed by atoms with Crippen LogP contribution in [0.15, 0.2) is 53.3 Å². The van der Waals surface area contributed by atoms with Gasteiger partial charge in [0.1, 0.15) is 5.82 Å². The standard InChI is InChI=1S/C25H29N3O2/c1-3-18(2)28(17-19-10-6-4-7-11-19)24(29)20-13-14-21-22(16-20)26-23-12-8-5-9-15-27(23)25(21)30/h4,6-7,10-11,13-14,16,18H,3,5,8-9,12,15,17H2,1-2H3/t18-/m0/s1. The fourth-order valence-electron chi connectivity index (χ4n) is 4.15. The Hall–Kier alpha value is -2.95. The molecule has 4 rings (SSSR count). The summed E-state index contributed by atoms with van der Waals surface area (Å²) in [7, 11) is 0. The smallest absolute Gasteiger partial charge is 0.261 e. The molecule has 0 saturated heterocycles. The summed E-state index contributed by atoms with van der Waals surface area (Å²) in [6.45, 7) is 5.46. The summed E-state index contributed by atoms with van der Waals surface area (Å²) in [5.41, 5.74) is 2.33. The van der Waals surface area contributed by atoms with Crippen molar-refractivity contribution >= 4 is 16.8 Å². The number of aryl methyl sites for hydroxylation is 1. The quantitative estimate of drug-likeness (QED) is 0.627. The molecule has 30 heavy (non-hydrogen) atoms. The van der Waals surface area contributed by atoms with E-state index >= 15 is 0 Å². The number of amides is 1. The molecule has 0 unspecified atom stereocenters. The van der Waals surface area contributed by atoms with Crippen LogP contribution in [0.1, 0.15) is 61.3 Å². The molecule has 1 amide bonds. The first-order chi connectivity index (χ1) is 14.6. The summed E-state index contributed by atoms with van der Waals surface area (Å²) >= 11 is 0. The normalized spacial score (nSPS) is 14.7. The van der Waals surface area contributed by atoms with Gasteiger partial charge in [-0.1, -0.05) is 43.7 Å². The zero-order valence-corrected chi connectivity index (χ0v) is 17.8. The maximum Gasteiger partial charge on any atom is 0.261 e. The van der Waals surface area contributed by atoms with Crippen molar-refractivity contribution in [2.45, 2.75) is 65.1 Å². The molecule has 1 aromatic heterocycles. The van der Waals surface area contributed by atoms with E-state index in [0.717, 1.165) is 50.0 Å². The fourth-order valence-corrected chi connectivity index (χ4v) is 4.15. The van der Waals surface area contributed by atoms with Gasteiger partial charge in [0.25, 0.3) is 11.5 Å². The van der Waals surface area contributed by atoms with Crippen molar-refractivity contribution in [1.82, 2.24) is 14.5 Å². The SMILES string of the molecule is CC[C@H](C)N(Cc1ccccc1)C(=O)c1ccc2c(=O)n3c(nc2c1)CCCCC3. The van der Waals surface area contributed by atoms with Crippen molar-refractivity contribution in [2.75, 3.05) is 0 Å². The molecule has 2 heterocycles. The molecule has 0 bridgehead atoms. The summed E-state index contributed by atoms with van der Waals surface area (Å²) in [5.74, 6) is 0.824. The first kappa shape index (κ1) is 20.3. The van der Waals surface area contributed by atoms with Crippen molar-refractivity contribution < 1.29 is 4.79 Å². The Balaban J connectivity index is 1.71. The Morgan fingerprint density at radius 2 is 1.93 bits per heavy atom. The zero-order valence-electron chi connectivity index (χ0n) is 17.8. The average Bonchev–Trinajstić information content (AvgIpc) is 3.02. The van der Waals surface area contributed by atoms with Crippen molar-refractivity contribution in [3.8, 4) is 0 Å². The van der Waals surface area contributed by atoms with Crippen LogP contribution in [0.4, 0.5) is 0 Å². The molecule has 0 fully saturated rings. The van der Waals surface area contributed by atoms with Crippen LogP contribution >= 0.6 is 0 Å². The fraction of sp³-hybridized carbons (Fsp3) is 0.400. The van der Waals surface area contributed by atoms with Crippen molar-refractivity contribution in [3.63, 3.8) is 0 Å². The highest BCUT2D eigenvalue weighted by Gasteiger charge is 2.22. The largest absolute Gasteiger partial charge is 0.332 e. The molecule has 1 aliphatic rings. The minimum absolute atomic E-state index is 0.0129. The van der Waals surface area contributed by atoms with Crippen LogP contribution in [0.2, 0.25) is 0 Å². The Morgan fingerprint density at radius 1 is 1.13 bits per heavy atom. The molecule has 2 aromatic carbocycles. The van der Waals surface area contributed by atoms with E-state index in [1.54, 1.807) is 18.2 Å². The van der Waals surface area contributed by atoms with Gasteiger partial charge in [-0.05, 0) is 49.9 Å². The summed E-state index contributed by atoms with van der Waals surface area (Å²) < 4.78 is 1.82. The molecule has 1 atom stereocenters. The third-order valence-electron chi connectivity index (χ3n) is 6.14. The first-order valence-corrected chi connectivity index (χ1v) is 11.0. The number of hydrogen-bond donors (Lipinski definition) is 0. The van der Waals surface area contributed by atoms with Crippen LogP contribution in [0, 0.1) is 0 Å². The monoisotopic (exact) mass is 403 g/mol. The van der Waals surface area contributed by atoms with E-state index in [1.165, 1.54) is 0 Å². The van der Waals surface area contributed by atoms with Gasteiger partial charge < -0.3 is 4.90 Å². The van der Waals surface area contributed by atoms with Gasteiger partial charge in [0.2, 0.25) is 0 Å². The van der Waals surface area contributed by atoms with Gasteiger partial charge in [-0.15, -0.1) is 0 Å². The van der Waals surface area contributed by atoms with E-state index in [9.17, 15) is 9.59 Å². The lowest BCUT2D eigenvalue weighted by Crippen LogP contribution is -2.37. The van der Waals surface area contributed by atoms with Gasteiger partial charge in [0, 0.05) is 31.1 Å². The summed E-state index contributed by atoms with van der Waals surface area (Å²) in [6.07, 6.45) is 4.87. The highest BCUT2D eigenvalue weighted by Crippen LogP contribution is 2.20. The van der Waals surface area contributed by atoms with Crippen LogP contribution in [0.3, 0.4) is 0 Å². The van der Waals surface area contributed by atoms with E-state index in [2.05, 4.69) is 13.8 Å². The van der Waals surface area contributed by atoms with Crippen LogP contribution in [-0.4, -0.2) is 26.4 Å². The lowest BCUT2D eigenvalue weighted by Gasteiger charge is -2.29. The number of aromatic nitrogens is 2. The predicted molar refractivity (Wildman–Crippen MR) is 120 cm³/mol. The van der Waals surface area contributed by atoms with Gasteiger partial charge in [-0.25, -0.2) is 4.98 Å². The highest BCUT2D eigenvalue weighted by molar-refractivity contribution is 5.97. The Kier molecular flexibility index (Phi) is 5.98. The maximum absolute atomic E-state index is 13.4. The van der Waals surface area contributed by atoms with Crippen LogP contribution in [0.25, 0.3) is 10.9 Å². The van der Waals surface area contributed by atoms with Gasteiger partial charge in [-0.3, -0.25) is 14.2 Å². The molecule has 0 saturated carbocycles. The third-order valence-corrected chi connectivity index (χ3v) is 6.14. The van der Waals surface area contributed by atoms with Gasteiger partial charge in [0.15, 0.2) is 0 Å². The van der Waals surface area contributed by atoms with E-state index in [-0.39, 0.29) is 17.5 Å². The number of hydrogen-bond acceptors (Lipinski definition) is 3. The average molecular weight is 404 g/mol. The second-order valence-corrected chi connectivity index (χ2v) is 8.20. The van der Waals surface area contributed by atoms with Crippen molar-refractivity contribution in [2.24, 2.45) is 0 Å². The second kappa shape index (κ2) is 8.82. The van der Waals surface area contributed by atoms with E-state index in [4.69, 9.17) is 4.98 Å². The van der Waals surface area contributed by atoms with E-state index in [1.807, 2.05) is 39.8 Å². The topological polar surface area (TPSA) is 55.2 Å². The zero-order chi connectivity index (χ0) is 21.1. The molecule has 0 N–H and O–H groups in total. The second-order valence-electron chi connectivity index (χ2n) is 8.20. The van der Waals surface area contributed by atoms with Gasteiger partial charge in [0.05, 0.1) is 10.9 Å². The summed E-state index contributed by atoms with van der Waals surface area (Å²) in [4.78, 5) is 33.1. The minimum atomic E-state index is -0.0213. The van der Waals surface area contributed by atoms with Crippen molar-refractivity contribution in [3.05, 3.63) is 75.8 Å². The molecule has 1 aliphatic heterocycles. The molecule has 5 heteroatoms. The molecule has 5 nitrogen and oxygen atoms in total. The molecule has 0 aliphatic carbocycles. The Bertz CT molecular complexity index is 1100. The third kappa shape index (κ3) is 4.02. The number of fused-ring (bicyclic) bond motifs is 2. The molecule has 0 radical (unpaired) electrons. The predicted octanol–water partition coefficient (Wildman–Crippen LogP) is 4.56. The molecule has 3 aromatic rings. The molecular weight excluding hydrogens is 374 g/mol. The van der Waals surface area contributed by atoms with Gasteiger partial charge in [-0.2, -0.15) is 0 Å². The minimum Gasteiger partial charge on any atom is -0.332 e. The van der Waals surface area contributed by atoms with E-state index < -0.39 is 0 Å². The summed E-state index contributed by atoms with van der Waals surface area (Å²) in [5, 5.41) is 0.593. The number of nitrogens with zero attached hydrogens (tertiary/aromatic N) is 3. The number of carbonyl (C=O) groups is 1. The number of carbonyl (C=O) groups excluding carboxylic acids is 1. The Labute approximate surface area is 177 Å². The molecular formula is C25H29N3O2. The summed E-state index contributed by atoms with van der Waals surface area (Å²) in [6, 6.07) is 15.5. The van der Waals surface area contributed by atoms with Crippen LogP contribution < -0.4 is 5.56 Å².